The summed E-state index contributed by atoms with van der Waals surface area (Å²) in [6.07, 6.45) is -6.28. The van der Waals surface area contributed by atoms with E-state index >= 15 is 0 Å². The average Bonchev–Trinajstić information content (AvgIpc) is 3.48. The van der Waals surface area contributed by atoms with Gasteiger partial charge in [-0.1, -0.05) is 46.3 Å². The van der Waals surface area contributed by atoms with Gasteiger partial charge in [-0.05, 0) is 58.4 Å². The van der Waals surface area contributed by atoms with Gasteiger partial charge in [-0.3, -0.25) is 18.6 Å². The van der Waals surface area contributed by atoms with Crippen molar-refractivity contribution >= 4 is 59.6 Å². The number of para-hydroxylation sites is 2. The number of hydroxylamine groups is 1. The molecular weight excluding hydrogens is 700 g/mol. The minimum Gasteiger partial charge on any atom is -0.344 e. The number of aromatic amines is 1. The number of nitrogens with one attached hydrogen (secondary N) is 2. The molecule has 2 heterocycles. The van der Waals surface area contributed by atoms with Crippen LogP contribution >= 0.6 is 26.7 Å². The highest BCUT2D eigenvalue weighted by Gasteiger charge is 2.47. The standard InChI is InChI=1S/C26H21BrF4N4O7S2/c27-18-10-14(8-9-17(18)22-13-23(36)34-43(22,38)39)11-21(24-32-19-6-1-2-7-20(19)33-24)35(42-25(37)26(29,30)31)44(40,41)16-5-3-4-15(28)12-16/h1-10,12,21-22,38-39H,11,13H2,(H,32,33)(H,34,36)/t21-,22?/m0/s1. The van der Waals surface area contributed by atoms with Crippen molar-refractivity contribution in [1.82, 2.24) is 19.2 Å². The van der Waals surface area contributed by atoms with Crippen molar-refractivity contribution in [2.75, 3.05) is 0 Å². The highest BCUT2D eigenvalue weighted by Crippen LogP contribution is 2.57. The summed E-state index contributed by atoms with van der Waals surface area (Å²) in [5.41, 5.74) is 1.29. The average molecular weight is 722 g/mol. The monoisotopic (exact) mass is 720 g/mol. The number of carbonyl (C=O) groups excluding carboxylic acids is 2. The SMILES string of the molecule is O=C1CC(c2ccc(C[C@@H](c3nc4ccccc4[nH]3)N(OC(=O)C(F)(F)F)S(=O)(=O)c3cccc(F)c3)cc2Br)S(O)(O)N1. The second kappa shape index (κ2) is 11.8. The van der Waals surface area contributed by atoms with Gasteiger partial charge in [-0.15, -0.1) is 10.8 Å². The number of carbonyl (C=O) groups is 2. The van der Waals surface area contributed by atoms with Crippen LogP contribution in [0.25, 0.3) is 11.0 Å². The highest BCUT2D eigenvalue weighted by molar-refractivity contribution is 9.10. The van der Waals surface area contributed by atoms with Crippen LogP contribution in [0.5, 0.6) is 0 Å². The van der Waals surface area contributed by atoms with Crippen LogP contribution in [0.1, 0.15) is 34.7 Å². The number of nitrogens with zero attached hydrogens (tertiary/aromatic N) is 2. The van der Waals surface area contributed by atoms with E-state index in [-0.39, 0.29) is 26.7 Å². The maximum Gasteiger partial charge on any atom is 0.492 e. The Kier molecular flexibility index (Phi) is 8.51. The Labute approximate surface area is 256 Å². The van der Waals surface area contributed by atoms with E-state index in [1.807, 2.05) is 0 Å². The molecule has 0 aliphatic carbocycles. The number of amides is 1. The molecule has 1 aromatic heterocycles. The molecule has 234 valence electrons. The van der Waals surface area contributed by atoms with E-state index in [0.29, 0.717) is 22.7 Å². The number of rotatable bonds is 8. The maximum atomic E-state index is 14.1. The van der Waals surface area contributed by atoms with Gasteiger partial charge in [-0.2, -0.15) is 13.2 Å². The predicted molar refractivity (Wildman–Crippen MR) is 153 cm³/mol. The fraction of sp³-hybridized carbons (Fsp3) is 0.192. The van der Waals surface area contributed by atoms with Crippen molar-refractivity contribution in [2.24, 2.45) is 0 Å². The molecule has 1 saturated heterocycles. The summed E-state index contributed by atoms with van der Waals surface area (Å²) in [7, 11) is -8.69. The lowest BCUT2D eigenvalue weighted by Gasteiger charge is -2.33. The smallest absolute Gasteiger partial charge is 0.344 e. The van der Waals surface area contributed by atoms with Gasteiger partial charge in [0.05, 0.1) is 22.3 Å². The van der Waals surface area contributed by atoms with Gasteiger partial charge in [0, 0.05) is 4.47 Å². The molecule has 0 saturated carbocycles. The second-order valence-corrected chi connectivity index (χ2v) is 14.2. The van der Waals surface area contributed by atoms with Gasteiger partial charge in [0.1, 0.15) is 22.9 Å². The van der Waals surface area contributed by atoms with E-state index in [2.05, 4.69) is 35.5 Å². The molecule has 4 N–H and O–H groups in total. The first-order valence-corrected chi connectivity index (χ1v) is 16.3. The summed E-state index contributed by atoms with van der Waals surface area (Å²) >= 11 is 3.31. The third-order valence-electron chi connectivity index (χ3n) is 6.59. The summed E-state index contributed by atoms with van der Waals surface area (Å²) < 4.78 is 105. The normalized spacial score (nSPS) is 18.3. The number of imidazole rings is 1. The number of sulfonamides is 1. The molecule has 18 heteroatoms. The Hall–Kier alpha value is -3.55. The first kappa shape index (κ1) is 31.9. The zero-order chi connectivity index (χ0) is 32.0. The minimum atomic E-state index is -5.60. The lowest BCUT2D eigenvalue weighted by Crippen LogP contribution is -2.42. The number of hydrogen-bond acceptors (Lipinski definition) is 8. The van der Waals surface area contributed by atoms with E-state index in [0.717, 1.165) is 18.2 Å². The van der Waals surface area contributed by atoms with E-state index in [1.165, 1.54) is 18.2 Å². The molecule has 5 rings (SSSR count). The molecule has 1 aliphatic rings. The molecule has 0 bridgehead atoms. The minimum absolute atomic E-state index is 0.159. The molecule has 2 atom stereocenters. The van der Waals surface area contributed by atoms with Gasteiger partial charge in [-0.25, -0.2) is 22.6 Å². The van der Waals surface area contributed by atoms with Crippen LogP contribution < -0.4 is 4.72 Å². The van der Waals surface area contributed by atoms with Gasteiger partial charge < -0.3 is 9.82 Å². The van der Waals surface area contributed by atoms with Crippen molar-refractivity contribution in [3.63, 3.8) is 0 Å². The van der Waals surface area contributed by atoms with Crippen LogP contribution in [-0.2, 0) is 30.9 Å². The first-order valence-electron chi connectivity index (χ1n) is 12.5. The number of halogens is 5. The summed E-state index contributed by atoms with van der Waals surface area (Å²) in [6.45, 7) is 0. The third kappa shape index (κ3) is 6.45. The number of aromatic nitrogens is 2. The Balaban J connectivity index is 1.63. The number of alkyl halides is 3. The molecule has 11 nitrogen and oxygen atoms in total. The largest absolute Gasteiger partial charge is 0.492 e. The molecule has 3 aromatic carbocycles. The van der Waals surface area contributed by atoms with E-state index in [1.54, 1.807) is 24.3 Å². The number of benzene rings is 3. The van der Waals surface area contributed by atoms with Crippen LogP contribution in [0, 0.1) is 5.82 Å². The molecule has 1 unspecified atom stereocenters. The van der Waals surface area contributed by atoms with E-state index < -0.39 is 67.3 Å². The van der Waals surface area contributed by atoms with Crippen molar-refractivity contribution in [3.8, 4) is 0 Å². The highest BCUT2D eigenvalue weighted by atomic mass is 79.9. The van der Waals surface area contributed by atoms with E-state index in [9.17, 15) is 44.7 Å². The molecule has 0 radical (unpaired) electrons. The predicted octanol–water partition coefficient (Wildman–Crippen LogP) is 5.69. The van der Waals surface area contributed by atoms with E-state index in [4.69, 9.17) is 0 Å². The van der Waals surface area contributed by atoms with Gasteiger partial charge in [0.15, 0.2) is 0 Å². The fourth-order valence-electron chi connectivity index (χ4n) is 4.58. The summed E-state index contributed by atoms with van der Waals surface area (Å²) in [5, 5.41) is -1.01. The molecular formula is C26H21BrF4N4O7S2. The lowest BCUT2D eigenvalue weighted by atomic mass is 10.0. The number of hydrogen-bond donors (Lipinski definition) is 4. The Morgan fingerprint density at radius 2 is 1.86 bits per heavy atom. The molecule has 1 fully saturated rings. The zero-order valence-electron chi connectivity index (χ0n) is 22.0. The third-order valence-corrected chi connectivity index (χ3v) is 10.7. The van der Waals surface area contributed by atoms with Crippen LogP contribution in [0.15, 0.2) is 76.1 Å². The zero-order valence-corrected chi connectivity index (χ0v) is 25.2. The molecule has 44 heavy (non-hydrogen) atoms. The van der Waals surface area contributed by atoms with Gasteiger partial charge in [0.2, 0.25) is 5.91 Å². The molecule has 1 aliphatic heterocycles. The molecule has 0 spiro atoms. The fourth-order valence-corrected chi connectivity index (χ4v) is 8.33. The summed E-state index contributed by atoms with van der Waals surface area (Å²) in [5.74, 6) is -4.65. The van der Waals surface area contributed by atoms with Crippen molar-refractivity contribution in [3.05, 3.63) is 94.0 Å². The Morgan fingerprint density at radius 3 is 2.48 bits per heavy atom. The Morgan fingerprint density at radius 1 is 1.14 bits per heavy atom. The topological polar surface area (TPSA) is 162 Å². The van der Waals surface area contributed by atoms with Crippen LogP contribution in [0.4, 0.5) is 17.6 Å². The second-order valence-electron chi connectivity index (χ2n) is 9.62. The van der Waals surface area contributed by atoms with Crippen LogP contribution in [0.3, 0.4) is 0 Å². The summed E-state index contributed by atoms with van der Waals surface area (Å²) in [4.78, 5) is 34.8. The summed E-state index contributed by atoms with van der Waals surface area (Å²) in [6, 6.07) is 12.3. The van der Waals surface area contributed by atoms with Crippen LogP contribution in [0.2, 0.25) is 0 Å². The van der Waals surface area contributed by atoms with Crippen molar-refractivity contribution < 1.29 is 49.5 Å². The number of fused-ring (bicyclic) bond motifs is 1. The quantitative estimate of drug-likeness (QED) is 0.133. The Bertz CT molecular complexity index is 1840. The van der Waals surface area contributed by atoms with Crippen molar-refractivity contribution in [2.45, 2.75) is 35.2 Å². The maximum absolute atomic E-state index is 14.1. The number of H-pyrrole nitrogens is 1. The van der Waals surface area contributed by atoms with Gasteiger partial charge >= 0.3 is 12.1 Å². The van der Waals surface area contributed by atoms with Crippen LogP contribution in [-0.4, -0.2) is 50.0 Å². The molecule has 4 aromatic rings. The molecule has 1 amide bonds. The first-order chi connectivity index (χ1) is 20.6. The van der Waals surface area contributed by atoms with Crippen molar-refractivity contribution in [1.29, 1.82) is 0 Å². The van der Waals surface area contributed by atoms with Gasteiger partial charge in [0.25, 0.3) is 10.0 Å². The lowest BCUT2D eigenvalue weighted by molar-refractivity contribution is -0.227.